The number of fused-ring (bicyclic) bond motifs is 1. The molecule has 0 bridgehead atoms. The van der Waals surface area contributed by atoms with Crippen LogP contribution in [0.15, 0.2) is 53.5 Å². The first-order valence-corrected chi connectivity index (χ1v) is 6.75. The van der Waals surface area contributed by atoms with Crippen LogP contribution in [0.25, 0.3) is 16.8 Å². The molecule has 2 nitrogen and oxygen atoms in total. The Morgan fingerprint density at radius 1 is 1.05 bits per heavy atom. The van der Waals surface area contributed by atoms with E-state index in [1.807, 2.05) is 0 Å². The molecule has 0 aromatic heterocycles. The monoisotopic (exact) mass is 250 g/mol. The minimum absolute atomic E-state index is 0.946. The molecule has 0 fully saturated rings. The van der Waals surface area contributed by atoms with Crippen molar-refractivity contribution in [2.75, 3.05) is 20.1 Å². The molecule has 2 heteroatoms. The van der Waals surface area contributed by atoms with Gasteiger partial charge in [0.15, 0.2) is 0 Å². The van der Waals surface area contributed by atoms with Gasteiger partial charge in [0.25, 0.3) is 0 Å². The first-order valence-electron chi connectivity index (χ1n) is 6.75. The van der Waals surface area contributed by atoms with Crippen molar-refractivity contribution < 1.29 is 0 Å². The second-order valence-corrected chi connectivity index (χ2v) is 4.95. The van der Waals surface area contributed by atoms with E-state index in [1.165, 1.54) is 16.3 Å². The fourth-order valence-corrected chi connectivity index (χ4v) is 2.40. The van der Waals surface area contributed by atoms with Gasteiger partial charge in [-0.15, -0.1) is 0 Å². The first-order chi connectivity index (χ1) is 9.33. The number of rotatable bonds is 2. The number of benzene rings is 2. The number of likely N-dealkylation sites (N-methyl/N-ethyl adjacent to an activating group) is 1. The maximum absolute atomic E-state index is 4.54. The SMILES string of the molecule is CN1CCCN=C1/C=C/c1ccc2ccccc2c1. The summed E-state index contributed by atoms with van der Waals surface area (Å²) in [6.45, 7) is 2.04. The Kier molecular flexibility index (Phi) is 3.32. The van der Waals surface area contributed by atoms with Crippen LogP contribution in [0.5, 0.6) is 0 Å². The fourth-order valence-electron chi connectivity index (χ4n) is 2.40. The lowest BCUT2D eigenvalue weighted by Gasteiger charge is -2.22. The van der Waals surface area contributed by atoms with Crippen LogP contribution in [0.2, 0.25) is 0 Å². The summed E-state index contributed by atoms with van der Waals surface area (Å²) in [6, 6.07) is 15.0. The Morgan fingerprint density at radius 2 is 1.89 bits per heavy atom. The van der Waals surface area contributed by atoms with Crippen molar-refractivity contribution in [3.63, 3.8) is 0 Å². The summed E-state index contributed by atoms with van der Waals surface area (Å²) in [5.74, 6) is 1.08. The molecule has 0 saturated carbocycles. The van der Waals surface area contributed by atoms with E-state index in [4.69, 9.17) is 0 Å². The highest BCUT2D eigenvalue weighted by Gasteiger charge is 2.06. The summed E-state index contributed by atoms with van der Waals surface area (Å²) < 4.78 is 0. The Morgan fingerprint density at radius 3 is 2.74 bits per heavy atom. The van der Waals surface area contributed by atoms with Crippen LogP contribution in [0.3, 0.4) is 0 Å². The Labute approximate surface area is 114 Å². The molecular formula is C17H18N2. The zero-order chi connectivity index (χ0) is 13.1. The van der Waals surface area contributed by atoms with E-state index < -0.39 is 0 Å². The summed E-state index contributed by atoms with van der Waals surface area (Å²) in [5, 5.41) is 2.57. The van der Waals surface area contributed by atoms with Crippen LogP contribution in [0.1, 0.15) is 12.0 Å². The van der Waals surface area contributed by atoms with Crippen LogP contribution in [0, 0.1) is 0 Å². The maximum Gasteiger partial charge on any atom is 0.123 e. The molecule has 2 aromatic carbocycles. The number of hydrogen-bond acceptors (Lipinski definition) is 2. The van der Waals surface area contributed by atoms with Gasteiger partial charge in [-0.2, -0.15) is 0 Å². The highest BCUT2D eigenvalue weighted by Crippen LogP contribution is 2.16. The van der Waals surface area contributed by atoms with Gasteiger partial charge in [-0.05, 0) is 34.9 Å². The molecule has 0 radical (unpaired) electrons. The lowest BCUT2D eigenvalue weighted by Crippen LogP contribution is -2.30. The minimum Gasteiger partial charge on any atom is -0.360 e. The average Bonchev–Trinajstić information content (AvgIpc) is 2.46. The molecule has 0 N–H and O–H groups in total. The topological polar surface area (TPSA) is 15.6 Å². The van der Waals surface area contributed by atoms with Crippen molar-refractivity contribution in [2.24, 2.45) is 4.99 Å². The summed E-state index contributed by atoms with van der Waals surface area (Å²) in [7, 11) is 2.10. The van der Waals surface area contributed by atoms with E-state index in [1.54, 1.807) is 0 Å². The standard InChI is InChI=1S/C17H18N2/c1-19-12-4-11-18-17(19)10-8-14-7-9-15-5-2-3-6-16(15)13-14/h2-3,5-10,13H,4,11-12H2,1H3/b10-8+. The molecule has 1 aliphatic heterocycles. The lowest BCUT2D eigenvalue weighted by atomic mass is 10.1. The minimum atomic E-state index is 0.946. The zero-order valence-corrected chi connectivity index (χ0v) is 11.2. The van der Waals surface area contributed by atoms with Crippen molar-refractivity contribution in [1.82, 2.24) is 4.90 Å². The smallest absolute Gasteiger partial charge is 0.123 e. The molecule has 19 heavy (non-hydrogen) atoms. The molecular weight excluding hydrogens is 232 g/mol. The molecule has 3 rings (SSSR count). The molecule has 0 unspecified atom stereocenters. The molecule has 1 heterocycles. The molecule has 0 atom stereocenters. The van der Waals surface area contributed by atoms with E-state index in [0.717, 1.165) is 25.3 Å². The summed E-state index contributed by atoms with van der Waals surface area (Å²) in [5.41, 5.74) is 1.22. The van der Waals surface area contributed by atoms with Gasteiger partial charge < -0.3 is 4.90 Å². The average molecular weight is 250 g/mol. The second kappa shape index (κ2) is 5.27. The third-order valence-electron chi connectivity index (χ3n) is 3.51. The van der Waals surface area contributed by atoms with Crippen molar-refractivity contribution in [3.05, 3.63) is 54.1 Å². The third kappa shape index (κ3) is 2.68. The van der Waals surface area contributed by atoms with E-state index in [9.17, 15) is 0 Å². The van der Waals surface area contributed by atoms with Gasteiger partial charge >= 0.3 is 0 Å². The van der Waals surface area contributed by atoms with Gasteiger partial charge in [0, 0.05) is 20.1 Å². The van der Waals surface area contributed by atoms with Crippen LogP contribution in [-0.4, -0.2) is 30.9 Å². The second-order valence-electron chi connectivity index (χ2n) is 4.95. The van der Waals surface area contributed by atoms with Crippen LogP contribution >= 0.6 is 0 Å². The highest BCUT2D eigenvalue weighted by molar-refractivity contribution is 5.97. The van der Waals surface area contributed by atoms with Gasteiger partial charge in [0.05, 0.1) is 0 Å². The molecule has 2 aromatic rings. The molecule has 96 valence electrons. The number of hydrogen-bond donors (Lipinski definition) is 0. The quantitative estimate of drug-likeness (QED) is 0.795. The van der Waals surface area contributed by atoms with Crippen molar-refractivity contribution in [3.8, 4) is 0 Å². The van der Waals surface area contributed by atoms with Gasteiger partial charge in [-0.3, -0.25) is 4.99 Å². The molecule has 0 spiro atoms. The maximum atomic E-state index is 4.54. The summed E-state index contributed by atoms with van der Waals surface area (Å²) in [6.07, 6.45) is 5.42. The predicted molar refractivity (Wildman–Crippen MR) is 82.5 cm³/mol. The van der Waals surface area contributed by atoms with Gasteiger partial charge in [-0.25, -0.2) is 0 Å². The Balaban J connectivity index is 1.86. The number of nitrogens with zero attached hydrogens (tertiary/aromatic N) is 2. The van der Waals surface area contributed by atoms with E-state index >= 15 is 0 Å². The normalized spacial score (nSPS) is 16.1. The number of amidine groups is 1. The van der Waals surface area contributed by atoms with E-state index in [0.29, 0.717) is 0 Å². The van der Waals surface area contributed by atoms with Gasteiger partial charge in [0.2, 0.25) is 0 Å². The van der Waals surface area contributed by atoms with E-state index in [-0.39, 0.29) is 0 Å². The molecule has 0 saturated heterocycles. The first kappa shape index (κ1) is 12.0. The van der Waals surface area contributed by atoms with E-state index in [2.05, 4.69) is 71.6 Å². The molecule has 0 amide bonds. The van der Waals surface area contributed by atoms with Crippen LogP contribution < -0.4 is 0 Å². The van der Waals surface area contributed by atoms with Gasteiger partial charge in [-0.1, -0.05) is 42.5 Å². The molecule has 0 aliphatic carbocycles. The molecule has 1 aliphatic rings. The fraction of sp³-hybridized carbons (Fsp3) is 0.235. The Hall–Kier alpha value is -2.09. The van der Waals surface area contributed by atoms with Crippen LogP contribution in [0.4, 0.5) is 0 Å². The largest absolute Gasteiger partial charge is 0.360 e. The lowest BCUT2D eigenvalue weighted by molar-refractivity contribution is 0.470. The third-order valence-corrected chi connectivity index (χ3v) is 3.51. The summed E-state index contributed by atoms with van der Waals surface area (Å²) in [4.78, 5) is 6.75. The number of aliphatic imine (C=N–C) groups is 1. The predicted octanol–water partition coefficient (Wildman–Crippen LogP) is 3.59. The summed E-state index contributed by atoms with van der Waals surface area (Å²) >= 11 is 0. The van der Waals surface area contributed by atoms with Crippen LogP contribution in [-0.2, 0) is 0 Å². The highest BCUT2D eigenvalue weighted by atomic mass is 15.2. The van der Waals surface area contributed by atoms with Crippen molar-refractivity contribution >= 4 is 22.7 Å². The Bertz CT molecular complexity index is 641. The van der Waals surface area contributed by atoms with Gasteiger partial charge in [0.1, 0.15) is 5.84 Å². The van der Waals surface area contributed by atoms with Crippen molar-refractivity contribution in [2.45, 2.75) is 6.42 Å². The zero-order valence-electron chi connectivity index (χ0n) is 11.2. The van der Waals surface area contributed by atoms with Crippen molar-refractivity contribution in [1.29, 1.82) is 0 Å².